The van der Waals surface area contributed by atoms with Crippen LogP contribution in [0.2, 0.25) is 0 Å². The maximum absolute atomic E-state index is 4.97. The Hall–Kier alpha value is -1.70. The number of hydrogen-bond donors (Lipinski definition) is 0. The molecule has 1 heterocycles. The zero-order valence-electron chi connectivity index (χ0n) is 20.3. The van der Waals surface area contributed by atoms with Crippen molar-refractivity contribution in [2.45, 2.75) is 117 Å². The van der Waals surface area contributed by atoms with Gasteiger partial charge in [-0.1, -0.05) is 109 Å². The second kappa shape index (κ2) is 13.0. The van der Waals surface area contributed by atoms with E-state index in [0.717, 1.165) is 23.7 Å². The fourth-order valence-corrected chi connectivity index (χ4v) is 5.01. The standard InChI is InChI=1S/C29H44N2/c1-4-6-8-10-12-14-24-15-20-28-27(21-24)22-30-29(31-28)26-18-16-25(17-19-26)23(3)13-11-9-7-5-2/h16-19,22-24H,4-15,20-21H2,1-3H3. The lowest BCUT2D eigenvalue weighted by Gasteiger charge is -2.24. The fraction of sp³-hybridized carbons (Fsp3) is 0.655. The van der Waals surface area contributed by atoms with Crippen molar-refractivity contribution in [3.63, 3.8) is 0 Å². The van der Waals surface area contributed by atoms with Gasteiger partial charge in [-0.25, -0.2) is 9.97 Å². The highest BCUT2D eigenvalue weighted by atomic mass is 14.9. The molecule has 0 spiro atoms. The number of nitrogens with zero attached hydrogens (tertiary/aromatic N) is 2. The lowest BCUT2D eigenvalue weighted by molar-refractivity contribution is 0.400. The minimum absolute atomic E-state index is 0.634. The number of rotatable bonds is 13. The van der Waals surface area contributed by atoms with Crippen molar-refractivity contribution in [2.75, 3.05) is 0 Å². The van der Waals surface area contributed by atoms with E-state index in [9.17, 15) is 0 Å². The van der Waals surface area contributed by atoms with Gasteiger partial charge in [0.25, 0.3) is 0 Å². The first-order valence-corrected chi connectivity index (χ1v) is 13.2. The third-order valence-corrected chi connectivity index (χ3v) is 7.20. The quantitative estimate of drug-likeness (QED) is 0.303. The molecule has 2 aromatic rings. The molecular formula is C29H44N2. The molecule has 0 bridgehead atoms. The number of aryl methyl sites for hydroxylation is 1. The van der Waals surface area contributed by atoms with Crippen molar-refractivity contribution < 1.29 is 0 Å². The molecule has 0 saturated carbocycles. The highest BCUT2D eigenvalue weighted by molar-refractivity contribution is 5.56. The van der Waals surface area contributed by atoms with E-state index >= 15 is 0 Å². The maximum atomic E-state index is 4.97. The largest absolute Gasteiger partial charge is 0.236 e. The average Bonchev–Trinajstić information content (AvgIpc) is 2.81. The molecule has 0 fully saturated rings. The van der Waals surface area contributed by atoms with Crippen molar-refractivity contribution in [2.24, 2.45) is 5.92 Å². The summed E-state index contributed by atoms with van der Waals surface area (Å²) in [5.74, 6) is 2.37. The molecule has 1 aromatic heterocycles. The molecule has 0 amide bonds. The molecule has 2 nitrogen and oxygen atoms in total. The second-order valence-electron chi connectivity index (χ2n) is 9.85. The summed E-state index contributed by atoms with van der Waals surface area (Å²) in [7, 11) is 0. The van der Waals surface area contributed by atoms with Gasteiger partial charge in [0, 0.05) is 17.5 Å². The summed E-state index contributed by atoms with van der Waals surface area (Å²) < 4.78 is 0. The van der Waals surface area contributed by atoms with E-state index in [0.29, 0.717) is 5.92 Å². The Morgan fingerprint density at radius 1 is 0.903 bits per heavy atom. The van der Waals surface area contributed by atoms with Crippen molar-refractivity contribution in [3.05, 3.63) is 47.3 Å². The molecule has 3 rings (SSSR count). The molecule has 1 aromatic carbocycles. The summed E-state index contributed by atoms with van der Waals surface area (Å²) in [4.78, 5) is 9.72. The Morgan fingerprint density at radius 3 is 2.35 bits per heavy atom. The van der Waals surface area contributed by atoms with Crippen molar-refractivity contribution in [1.29, 1.82) is 0 Å². The molecule has 2 heteroatoms. The smallest absolute Gasteiger partial charge is 0.159 e. The first kappa shape index (κ1) is 24.0. The van der Waals surface area contributed by atoms with Gasteiger partial charge in [-0.3, -0.25) is 0 Å². The second-order valence-corrected chi connectivity index (χ2v) is 9.85. The lowest BCUT2D eigenvalue weighted by atomic mass is 9.84. The van der Waals surface area contributed by atoms with Gasteiger partial charge >= 0.3 is 0 Å². The fourth-order valence-electron chi connectivity index (χ4n) is 5.01. The van der Waals surface area contributed by atoms with Gasteiger partial charge < -0.3 is 0 Å². The van der Waals surface area contributed by atoms with Crippen LogP contribution in [-0.4, -0.2) is 9.97 Å². The van der Waals surface area contributed by atoms with E-state index in [4.69, 9.17) is 9.97 Å². The van der Waals surface area contributed by atoms with Gasteiger partial charge in [0.05, 0.1) is 0 Å². The van der Waals surface area contributed by atoms with Crippen molar-refractivity contribution in [1.82, 2.24) is 9.97 Å². The van der Waals surface area contributed by atoms with E-state index in [1.807, 2.05) is 0 Å². The predicted octanol–water partition coefficient (Wildman–Crippen LogP) is 8.68. The molecule has 2 atom stereocenters. The Bertz CT molecular complexity index is 765. The minimum Gasteiger partial charge on any atom is -0.236 e. The van der Waals surface area contributed by atoms with E-state index in [1.54, 1.807) is 0 Å². The molecular weight excluding hydrogens is 376 g/mol. The molecule has 170 valence electrons. The van der Waals surface area contributed by atoms with Gasteiger partial charge in [0.1, 0.15) is 0 Å². The van der Waals surface area contributed by atoms with Crippen molar-refractivity contribution in [3.8, 4) is 11.4 Å². The third-order valence-electron chi connectivity index (χ3n) is 7.20. The van der Waals surface area contributed by atoms with Crippen LogP contribution >= 0.6 is 0 Å². The predicted molar refractivity (Wildman–Crippen MR) is 134 cm³/mol. The molecule has 1 aliphatic carbocycles. The van der Waals surface area contributed by atoms with Gasteiger partial charge in [0.2, 0.25) is 0 Å². The zero-order valence-corrected chi connectivity index (χ0v) is 20.3. The highest BCUT2D eigenvalue weighted by Gasteiger charge is 2.20. The topological polar surface area (TPSA) is 25.8 Å². The van der Waals surface area contributed by atoms with Gasteiger partial charge in [-0.2, -0.15) is 0 Å². The molecule has 0 radical (unpaired) electrons. The van der Waals surface area contributed by atoms with Gasteiger partial charge in [-0.05, 0) is 48.6 Å². The molecule has 0 saturated heterocycles. The third kappa shape index (κ3) is 7.44. The Morgan fingerprint density at radius 2 is 1.61 bits per heavy atom. The van der Waals surface area contributed by atoms with Crippen LogP contribution in [-0.2, 0) is 12.8 Å². The van der Waals surface area contributed by atoms with Crippen LogP contribution in [0.5, 0.6) is 0 Å². The molecule has 0 aliphatic heterocycles. The highest BCUT2D eigenvalue weighted by Crippen LogP contribution is 2.30. The molecule has 0 N–H and O–H groups in total. The number of aromatic nitrogens is 2. The van der Waals surface area contributed by atoms with E-state index in [-0.39, 0.29) is 0 Å². The Kier molecular flexibility index (Phi) is 10.0. The van der Waals surface area contributed by atoms with Crippen LogP contribution in [0, 0.1) is 5.92 Å². The SMILES string of the molecule is CCCCCCCC1CCc2nc(-c3ccc(C(C)CCCCCC)cc3)ncc2C1. The molecule has 2 unspecified atom stereocenters. The lowest BCUT2D eigenvalue weighted by Crippen LogP contribution is -2.16. The summed E-state index contributed by atoms with van der Waals surface area (Å²) in [5.41, 5.74) is 5.29. The van der Waals surface area contributed by atoms with Gasteiger partial charge in [-0.15, -0.1) is 0 Å². The van der Waals surface area contributed by atoms with Crippen LogP contribution in [0.15, 0.2) is 30.5 Å². The Labute approximate surface area is 191 Å². The average molecular weight is 421 g/mol. The van der Waals surface area contributed by atoms with Crippen LogP contribution < -0.4 is 0 Å². The molecule has 1 aliphatic rings. The maximum Gasteiger partial charge on any atom is 0.159 e. The van der Waals surface area contributed by atoms with E-state index in [1.165, 1.54) is 100 Å². The van der Waals surface area contributed by atoms with Gasteiger partial charge in [0.15, 0.2) is 5.82 Å². The van der Waals surface area contributed by atoms with Crippen molar-refractivity contribution >= 4 is 0 Å². The zero-order chi connectivity index (χ0) is 21.9. The van der Waals surface area contributed by atoms with Crippen LogP contribution in [0.3, 0.4) is 0 Å². The summed E-state index contributed by atoms with van der Waals surface area (Å²) in [6.45, 7) is 6.92. The normalized spacial score (nSPS) is 16.8. The number of fused-ring (bicyclic) bond motifs is 1. The van der Waals surface area contributed by atoms with E-state index < -0.39 is 0 Å². The summed E-state index contributed by atoms with van der Waals surface area (Å²) in [6, 6.07) is 9.03. The van der Waals surface area contributed by atoms with Crippen LogP contribution in [0.1, 0.15) is 121 Å². The monoisotopic (exact) mass is 420 g/mol. The summed E-state index contributed by atoms with van der Waals surface area (Å²) in [6.07, 6.45) is 20.7. The number of benzene rings is 1. The van der Waals surface area contributed by atoms with E-state index in [2.05, 4.69) is 51.2 Å². The minimum atomic E-state index is 0.634. The summed E-state index contributed by atoms with van der Waals surface area (Å²) >= 11 is 0. The Balaban J connectivity index is 1.53. The number of hydrogen-bond acceptors (Lipinski definition) is 2. The summed E-state index contributed by atoms with van der Waals surface area (Å²) in [5, 5.41) is 0. The number of unbranched alkanes of at least 4 members (excludes halogenated alkanes) is 7. The first-order chi connectivity index (χ1) is 15.2. The first-order valence-electron chi connectivity index (χ1n) is 13.2. The van der Waals surface area contributed by atoms with Crippen LogP contribution in [0.25, 0.3) is 11.4 Å². The van der Waals surface area contributed by atoms with Crippen LogP contribution in [0.4, 0.5) is 0 Å². The molecule has 31 heavy (non-hydrogen) atoms.